The van der Waals surface area contributed by atoms with Gasteiger partial charge in [0.1, 0.15) is 0 Å². The van der Waals surface area contributed by atoms with Crippen molar-refractivity contribution in [3.05, 3.63) is 64.7 Å². The van der Waals surface area contributed by atoms with Crippen LogP contribution < -0.4 is 10.9 Å². The summed E-state index contributed by atoms with van der Waals surface area (Å²) in [6.45, 7) is 3.68. The average Bonchev–Trinajstić information content (AvgIpc) is 3.00. The van der Waals surface area contributed by atoms with Gasteiger partial charge in [-0.2, -0.15) is 0 Å². The summed E-state index contributed by atoms with van der Waals surface area (Å²) in [5.74, 6) is -0.200. The van der Waals surface area contributed by atoms with Crippen LogP contribution in [0.5, 0.6) is 0 Å². The molecule has 2 heterocycles. The highest BCUT2D eigenvalue weighted by Gasteiger charge is 2.15. The van der Waals surface area contributed by atoms with Gasteiger partial charge in [-0.15, -0.1) is 0 Å². The Hall–Kier alpha value is -2.86. The second-order valence-corrected chi connectivity index (χ2v) is 5.74. The molecule has 0 fully saturated rings. The van der Waals surface area contributed by atoms with E-state index in [1.807, 2.05) is 42.0 Å². The van der Waals surface area contributed by atoms with Crippen LogP contribution in [-0.4, -0.2) is 28.8 Å². The Morgan fingerprint density at radius 1 is 1.12 bits per heavy atom. The number of fused-ring (bicyclic) bond motifs is 1. The van der Waals surface area contributed by atoms with Gasteiger partial charge in [0.05, 0.1) is 17.9 Å². The lowest BCUT2D eigenvalue weighted by Crippen LogP contribution is -2.19. The molecule has 130 valence electrons. The number of rotatable bonds is 6. The van der Waals surface area contributed by atoms with Gasteiger partial charge in [0.25, 0.3) is 11.5 Å². The highest BCUT2D eigenvalue weighted by molar-refractivity contribution is 6.12. The summed E-state index contributed by atoms with van der Waals surface area (Å²) in [7, 11) is 1.65. The van der Waals surface area contributed by atoms with Gasteiger partial charge in [-0.1, -0.05) is 18.2 Å². The first kappa shape index (κ1) is 17.0. The van der Waals surface area contributed by atoms with Crippen molar-refractivity contribution >= 4 is 22.5 Å². The zero-order valence-electron chi connectivity index (χ0n) is 14.4. The number of nitrogens with zero attached hydrogens (tertiary/aromatic N) is 2. The molecule has 0 spiro atoms. The molecule has 0 unspecified atom stereocenters. The van der Waals surface area contributed by atoms with E-state index in [1.54, 1.807) is 23.9 Å². The summed E-state index contributed by atoms with van der Waals surface area (Å²) in [5, 5.41) is 3.77. The molecular formula is C19H21N3O3. The van der Waals surface area contributed by atoms with E-state index in [4.69, 9.17) is 4.74 Å². The van der Waals surface area contributed by atoms with Gasteiger partial charge in [-0.25, -0.2) is 0 Å². The van der Waals surface area contributed by atoms with E-state index in [9.17, 15) is 9.59 Å². The summed E-state index contributed by atoms with van der Waals surface area (Å²) < 4.78 is 8.71. The number of pyridine rings is 1. The fourth-order valence-corrected chi connectivity index (χ4v) is 2.85. The molecule has 6 heteroatoms. The summed E-state index contributed by atoms with van der Waals surface area (Å²) >= 11 is 0. The maximum Gasteiger partial charge on any atom is 0.257 e. The van der Waals surface area contributed by atoms with Crippen molar-refractivity contribution in [2.45, 2.75) is 20.0 Å². The number of anilines is 1. The number of aromatic nitrogens is 2. The van der Waals surface area contributed by atoms with Crippen LogP contribution in [0.4, 0.5) is 5.69 Å². The number of benzene rings is 1. The lowest BCUT2D eigenvalue weighted by molar-refractivity contribution is 0.102. The Morgan fingerprint density at radius 2 is 1.92 bits per heavy atom. The van der Waals surface area contributed by atoms with Gasteiger partial charge in [0.15, 0.2) is 0 Å². The van der Waals surface area contributed by atoms with Gasteiger partial charge in [0, 0.05) is 49.6 Å². The average molecular weight is 339 g/mol. The molecule has 1 aromatic carbocycles. The Bertz CT molecular complexity index is 956. The molecule has 0 saturated heterocycles. The van der Waals surface area contributed by atoms with E-state index in [0.29, 0.717) is 30.9 Å². The largest absolute Gasteiger partial charge is 0.383 e. The van der Waals surface area contributed by atoms with E-state index in [-0.39, 0.29) is 11.5 Å². The van der Waals surface area contributed by atoms with Gasteiger partial charge in [-0.3, -0.25) is 9.59 Å². The number of methoxy groups -OCH3 is 1. The summed E-state index contributed by atoms with van der Waals surface area (Å²) in [5.41, 5.74) is 2.10. The first-order valence-corrected chi connectivity index (χ1v) is 8.22. The monoisotopic (exact) mass is 339 g/mol. The van der Waals surface area contributed by atoms with E-state index in [2.05, 4.69) is 5.32 Å². The Labute approximate surface area is 145 Å². The molecule has 0 aliphatic carbocycles. The lowest BCUT2D eigenvalue weighted by atomic mass is 10.1. The van der Waals surface area contributed by atoms with Crippen LogP contribution in [0.3, 0.4) is 0 Å². The summed E-state index contributed by atoms with van der Waals surface area (Å²) in [6.07, 6.45) is 3.50. The third kappa shape index (κ3) is 3.49. The standard InChI is InChI=1S/C19H21N3O3/c1-3-21-12-14(8-9-18(21)23)20-19(24)16-13-22(10-11-25-2)17-7-5-4-6-15(16)17/h4-9,12-13H,3,10-11H2,1-2H3,(H,20,24). The second-order valence-electron chi connectivity index (χ2n) is 5.74. The van der Waals surface area contributed by atoms with Crippen LogP contribution in [0.2, 0.25) is 0 Å². The number of carbonyl (C=O) groups excluding carboxylic acids is 1. The molecule has 3 aromatic rings. The molecule has 2 aromatic heterocycles. The fraction of sp³-hybridized carbons (Fsp3) is 0.263. The van der Waals surface area contributed by atoms with Crippen LogP contribution in [-0.2, 0) is 17.8 Å². The number of hydrogen-bond donors (Lipinski definition) is 1. The summed E-state index contributed by atoms with van der Waals surface area (Å²) in [4.78, 5) is 24.4. The molecule has 0 aliphatic heterocycles. The first-order valence-electron chi connectivity index (χ1n) is 8.22. The van der Waals surface area contributed by atoms with E-state index >= 15 is 0 Å². The Morgan fingerprint density at radius 3 is 2.68 bits per heavy atom. The van der Waals surface area contributed by atoms with Crippen LogP contribution >= 0.6 is 0 Å². The minimum Gasteiger partial charge on any atom is -0.383 e. The van der Waals surface area contributed by atoms with E-state index < -0.39 is 0 Å². The predicted molar refractivity (Wildman–Crippen MR) is 98.1 cm³/mol. The van der Waals surface area contributed by atoms with Crippen molar-refractivity contribution in [3.63, 3.8) is 0 Å². The molecule has 0 bridgehead atoms. The number of carbonyl (C=O) groups is 1. The quantitative estimate of drug-likeness (QED) is 0.751. The third-order valence-electron chi connectivity index (χ3n) is 4.15. The summed E-state index contributed by atoms with van der Waals surface area (Å²) in [6, 6.07) is 10.9. The molecule has 3 rings (SSSR count). The molecule has 1 amide bonds. The maximum atomic E-state index is 12.8. The van der Waals surface area contributed by atoms with Crippen molar-refractivity contribution in [2.24, 2.45) is 0 Å². The van der Waals surface area contributed by atoms with Gasteiger partial charge in [-0.05, 0) is 19.1 Å². The molecule has 0 saturated carbocycles. The van der Waals surface area contributed by atoms with Crippen molar-refractivity contribution in [1.82, 2.24) is 9.13 Å². The molecule has 0 atom stereocenters. The minimum atomic E-state index is -0.200. The van der Waals surface area contributed by atoms with Crippen molar-refractivity contribution in [3.8, 4) is 0 Å². The Kier molecular flexibility index (Phi) is 5.00. The van der Waals surface area contributed by atoms with Crippen LogP contribution in [0.25, 0.3) is 10.9 Å². The number of hydrogen-bond acceptors (Lipinski definition) is 3. The molecule has 25 heavy (non-hydrogen) atoms. The van der Waals surface area contributed by atoms with E-state index in [0.717, 1.165) is 10.9 Å². The molecule has 0 aliphatic rings. The minimum absolute atomic E-state index is 0.0864. The first-order chi connectivity index (χ1) is 12.1. The van der Waals surface area contributed by atoms with Crippen molar-refractivity contribution < 1.29 is 9.53 Å². The SMILES string of the molecule is CCn1cc(NC(=O)c2cn(CCOC)c3ccccc23)ccc1=O. The maximum absolute atomic E-state index is 12.8. The van der Waals surface area contributed by atoms with Crippen molar-refractivity contribution in [1.29, 1.82) is 0 Å². The van der Waals surface area contributed by atoms with Crippen LogP contribution in [0.1, 0.15) is 17.3 Å². The molecule has 6 nitrogen and oxygen atoms in total. The second kappa shape index (κ2) is 7.36. The number of para-hydroxylation sites is 1. The number of aryl methyl sites for hydroxylation is 1. The zero-order valence-corrected chi connectivity index (χ0v) is 14.4. The predicted octanol–water partition coefficient (Wildman–Crippen LogP) is 2.72. The number of nitrogens with one attached hydrogen (secondary N) is 1. The normalized spacial score (nSPS) is 11.0. The fourth-order valence-electron chi connectivity index (χ4n) is 2.85. The number of amides is 1. The Balaban J connectivity index is 1.93. The smallest absolute Gasteiger partial charge is 0.257 e. The van der Waals surface area contributed by atoms with Crippen LogP contribution in [0.15, 0.2) is 53.6 Å². The van der Waals surface area contributed by atoms with Gasteiger partial charge >= 0.3 is 0 Å². The molecular weight excluding hydrogens is 318 g/mol. The highest BCUT2D eigenvalue weighted by Crippen LogP contribution is 2.22. The van der Waals surface area contributed by atoms with Gasteiger partial charge < -0.3 is 19.2 Å². The molecule has 1 N–H and O–H groups in total. The topological polar surface area (TPSA) is 65.3 Å². The van der Waals surface area contributed by atoms with Gasteiger partial charge in [0.2, 0.25) is 0 Å². The number of ether oxygens (including phenoxy) is 1. The molecule has 0 radical (unpaired) electrons. The third-order valence-corrected chi connectivity index (χ3v) is 4.15. The zero-order chi connectivity index (χ0) is 17.8. The van der Waals surface area contributed by atoms with Crippen molar-refractivity contribution in [2.75, 3.05) is 19.0 Å². The van der Waals surface area contributed by atoms with Crippen LogP contribution in [0, 0.1) is 0 Å². The van der Waals surface area contributed by atoms with E-state index in [1.165, 1.54) is 6.07 Å². The lowest BCUT2D eigenvalue weighted by Gasteiger charge is -2.07. The highest BCUT2D eigenvalue weighted by atomic mass is 16.5.